The highest BCUT2D eigenvalue weighted by atomic mass is 32.2. The molecule has 1 fully saturated rings. The van der Waals surface area contributed by atoms with Crippen molar-refractivity contribution in [2.75, 3.05) is 6.26 Å². The molecule has 0 unspecified atom stereocenters. The van der Waals surface area contributed by atoms with Gasteiger partial charge in [0.05, 0.1) is 12.3 Å². The minimum absolute atomic E-state index is 0.524. The maximum Gasteiger partial charge on any atom is 0.265 e. The third-order valence-corrected chi connectivity index (χ3v) is 1.84. The molecule has 0 aromatic rings. The molecule has 0 aromatic heterocycles. The highest BCUT2D eigenvalue weighted by Crippen LogP contribution is 2.39. The monoisotopic (exact) mass is 161 g/mol. The third kappa shape index (κ3) is 1.69. The Balaban J connectivity index is 2.65. The normalized spacial score (nSPS) is 21.6. The van der Waals surface area contributed by atoms with Crippen molar-refractivity contribution in [1.82, 2.24) is 0 Å². The van der Waals surface area contributed by atoms with E-state index in [1.165, 1.54) is 0 Å². The van der Waals surface area contributed by atoms with Gasteiger partial charge in [0.2, 0.25) is 0 Å². The van der Waals surface area contributed by atoms with E-state index in [1.807, 2.05) is 6.07 Å². The lowest BCUT2D eigenvalue weighted by molar-refractivity contribution is 0.247. The van der Waals surface area contributed by atoms with Gasteiger partial charge in [0, 0.05) is 0 Å². The summed E-state index contributed by atoms with van der Waals surface area (Å²) < 4.78 is 25.4. The largest absolute Gasteiger partial charge is 0.265 e. The van der Waals surface area contributed by atoms with Gasteiger partial charge in [-0.2, -0.15) is 13.7 Å². The Morgan fingerprint density at radius 1 is 1.60 bits per heavy atom. The molecule has 1 aliphatic carbocycles. The van der Waals surface area contributed by atoms with E-state index in [0.717, 1.165) is 6.26 Å². The Bertz CT molecular complexity index is 270. The van der Waals surface area contributed by atoms with Gasteiger partial charge >= 0.3 is 0 Å². The van der Waals surface area contributed by atoms with E-state index >= 15 is 0 Å². The molecule has 1 aliphatic rings. The van der Waals surface area contributed by atoms with Crippen LogP contribution in [0.2, 0.25) is 0 Å². The lowest BCUT2D eigenvalue weighted by Gasteiger charge is -2.02. The second kappa shape index (κ2) is 1.94. The predicted molar refractivity (Wildman–Crippen MR) is 33.5 cm³/mol. The van der Waals surface area contributed by atoms with Gasteiger partial charge in [0.15, 0.2) is 5.60 Å². The Morgan fingerprint density at radius 2 is 2.10 bits per heavy atom. The zero-order valence-electron chi connectivity index (χ0n) is 5.49. The van der Waals surface area contributed by atoms with Gasteiger partial charge in [-0.15, -0.1) is 0 Å². The Hall–Kier alpha value is -0.600. The highest BCUT2D eigenvalue weighted by molar-refractivity contribution is 7.86. The van der Waals surface area contributed by atoms with Crippen molar-refractivity contribution in [3.8, 4) is 6.07 Å². The van der Waals surface area contributed by atoms with Crippen LogP contribution in [0.5, 0.6) is 0 Å². The van der Waals surface area contributed by atoms with Crippen molar-refractivity contribution in [3.05, 3.63) is 0 Å². The predicted octanol–water partition coefficient (Wildman–Crippen LogP) is 0.0188. The molecular formula is C5H7NO3S. The number of rotatable bonds is 2. The lowest BCUT2D eigenvalue weighted by atomic mass is 10.4. The maximum atomic E-state index is 10.5. The number of nitriles is 1. The van der Waals surface area contributed by atoms with Crippen LogP contribution in [0.4, 0.5) is 0 Å². The summed E-state index contributed by atoms with van der Waals surface area (Å²) in [6, 6.07) is 1.81. The molecule has 0 N–H and O–H groups in total. The van der Waals surface area contributed by atoms with Crippen LogP contribution in [-0.4, -0.2) is 20.3 Å². The minimum Gasteiger partial charge on any atom is -0.248 e. The topological polar surface area (TPSA) is 67.2 Å². The molecule has 1 saturated carbocycles. The summed E-state index contributed by atoms with van der Waals surface area (Å²) in [5.74, 6) is 0. The quantitative estimate of drug-likeness (QED) is 0.535. The Labute approximate surface area is 59.5 Å². The van der Waals surface area contributed by atoms with Crippen molar-refractivity contribution in [2.45, 2.75) is 18.4 Å². The van der Waals surface area contributed by atoms with E-state index in [1.54, 1.807) is 0 Å². The van der Waals surface area contributed by atoms with Crippen molar-refractivity contribution < 1.29 is 12.6 Å². The van der Waals surface area contributed by atoms with Crippen LogP contribution in [-0.2, 0) is 14.3 Å². The first-order valence-corrected chi connectivity index (χ1v) is 4.61. The SMILES string of the molecule is CS(=O)(=O)OC1(C#N)CC1. The van der Waals surface area contributed by atoms with Gasteiger partial charge in [-0.1, -0.05) is 0 Å². The fourth-order valence-electron chi connectivity index (χ4n) is 0.617. The lowest BCUT2D eigenvalue weighted by Crippen LogP contribution is -2.16. The van der Waals surface area contributed by atoms with Crippen LogP contribution in [0.1, 0.15) is 12.8 Å². The van der Waals surface area contributed by atoms with Crippen LogP contribution >= 0.6 is 0 Å². The molecule has 10 heavy (non-hydrogen) atoms. The first-order valence-electron chi connectivity index (χ1n) is 2.79. The molecule has 0 heterocycles. The van der Waals surface area contributed by atoms with E-state index < -0.39 is 15.7 Å². The molecular weight excluding hydrogens is 154 g/mol. The standard InChI is InChI=1S/C5H7NO3S/c1-10(7,8)9-5(4-6)2-3-5/h2-3H2,1H3. The van der Waals surface area contributed by atoms with Crippen molar-refractivity contribution >= 4 is 10.1 Å². The van der Waals surface area contributed by atoms with E-state index in [2.05, 4.69) is 4.18 Å². The molecule has 4 nitrogen and oxygen atoms in total. The number of hydrogen-bond acceptors (Lipinski definition) is 4. The highest BCUT2D eigenvalue weighted by Gasteiger charge is 2.47. The second-order valence-corrected chi connectivity index (χ2v) is 3.97. The number of hydrogen-bond donors (Lipinski definition) is 0. The number of nitrogens with zero attached hydrogens (tertiary/aromatic N) is 1. The zero-order valence-corrected chi connectivity index (χ0v) is 6.31. The third-order valence-electron chi connectivity index (χ3n) is 1.22. The summed E-state index contributed by atoms with van der Waals surface area (Å²) >= 11 is 0. The maximum absolute atomic E-state index is 10.5. The molecule has 0 saturated heterocycles. The van der Waals surface area contributed by atoms with Gasteiger partial charge in [-0.05, 0) is 12.8 Å². The molecule has 0 spiro atoms. The molecule has 56 valence electrons. The molecule has 0 atom stereocenters. The Morgan fingerprint density at radius 3 is 2.20 bits per heavy atom. The van der Waals surface area contributed by atoms with Gasteiger partial charge in [-0.3, -0.25) is 0 Å². The summed E-state index contributed by atoms with van der Waals surface area (Å²) in [6.45, 7) is 0. The second-order valence-electron chi connectivity index (χ2n) is 2.39. The van der Waals surface area contributed by atoms with Gasteiger partial charge in [-0.25, -0.2) is 4.18 Å². The average Bonchev–Trinajstić information content (AvgIpc) is 2.45. The first-order chi connectivity index (χ1) is 4.47. The van der Waals surface area contributed by atoms with E-state index in [0.29, 0.717) is 12.8 Å². The fourth-order valence-corrected chi connectivity index (χ4v) is 1.40. The van der Waals surface area contributed by atoms with E-state index in [-0.39, 0.29) is 0 Å². The summed E-state index contributed by atoms with van der Waals surface area (Å²) in [5.41, 5.74) is -1.01. The van der Waals surface area contributed by atoms with Crippen LogP contribution in [0, 0.1) is 11.3 Å². The molecule has 1 rings (SSSR count). The summed E-state index contributed by atoms with van der Waals surface area (Å²) in [5, 5.41) is 8.38. The smallest absolute Gasteiger partial charge is 0.248 e. The van der Waals surface area contributed by atoms with Gasteiger partial charge in [0.25, 0.3) is 10.1 Å². The van der Waals surface area contributed by atoms with Crippen LogP contribution in [0.3, 0.4) is 0 Å². The average molecular weight is 161 g/mol. The Kier molecular flexibility index (Phi) is 1.46. The van der Waals surface area contributed by atoms with Crippen molar-refractivity contribution in [2.24, 2.45) is 0 Å². The molecule has 0 radical (unpaired) electrons. The van der Waals surface area contributed by atoms with Crippen molar-refractivity contribution in [1.29, 1.82) is 5.26 Å². The van der Waals surface area contributed by atoms with Crippen LogP contribution < -0.4 is 0 Å². The summed E-state index contributed by atoms with van der Waals surface area (Å²) in [6.07, 6.45) is 2.00. The van der Waals surface area contributed by atoms with Gasteiger partial charge in [0.1, 0.15) is 0 Å². The van der Waals surface area contributed by atoms with Crippen LogP contribution in [0.15, 0.2) is 0 Å². The zero-order chi connectivity index (χ0) is 7.83. The van der Waals surface area contributed by atoms with E-state index in [9.17, 15) is 8.42 Å². The van der Waals surface area contributed by atoms with Crippen molar-refractivity contribution in [3.63, 3.8) is 0 Å². The molecule has 5 heteroatoms. The minimum atomic E-state index is -3.45. The van der Waals surface area contributed by atoms with E-state index in [4.69, 9.17) is 5.26 Å². The molecule has 0 aromatic carbocycles. The first kappa shape index (κ1) is 7.51. The molecule has 0 bridgehead atoms. The summed E-state index contributed by atoms with van der Waals surface area (Å²) in [7, 11) is -3.45. The molecule has 0 amide bonds. The summed E-state index contributed by atoms with van der Waals surface area (Å²) in [4.78, 5) is 0. The molecule has 0 aliphatic heterocycles. The fraction of sp³-hybridized carbons (Fsp3) is 0.800. The van der Waals surface area contributed by atoms with Crippen LogP contribution in [0.25, 0.3) is 0 Å². The van der Waals surface area contributed by atoms with Gasteiger partial charge < -0.3 is 0 Å².